The summed E-state index contributed by atoms with van der Waals surface area (Å²) in [5.74, 6) is -6.74. The molecule has 0 unspecified atom stereocenters. The molecule has 1 amide bonds. The van der Waals surface area contributed by atoms with Crippen molar-refractivity contribution in [3.63, 3.8) is 0 Å². The molecular formula is C27H23ClF5N5O3S. The molecule has 222 valence electrons. The third-order valence-corrected chi connectivity index (χ3v) is 8.96. The number of alkyl halides is 5. The van der Waals surface area contributed by atoms with Crippen LogP contribution in [-0.4, -0.2) is 43.9 Å². The molecule has 1 saturated heterocycles. The van der Waals surface area contributed by atoms with Gasteiger partial charge in [0.25, 0.3) is 5.92 Å². The summed E-state index contributed by atoms with van der Waals surface area (Å²) in [7, 11) is -3.89. The highest BCUT2D eigenvalue weighted by Gasteiger charge is 2.57. The average molecular weight is 628 g/mol. The first-order valence-corrected chi connectivity index (χ1v) is 14.7. The number of benzene rings is 2. The molecule has 5 rings (SSSR count). The molecule has 2 heterocycles. The van der Waals surface area contributed by atoms with E-state index in [2.05, 4.69) is 10.0 Å². The van der Waals surface area contributed by atoms with Gasteiger partial charge in [0.05, 0.1) is 27.6 Å². The molecule has 2 aromatic carbocycles. The van der Waals surface area contributed by atoms with E-state index in [-0.39, 0.29) is 28.4 Å². The molecule has 2 fully saturated rings. The van der Waals surface area contributed by atoms with Crippen LogP contribution >= 0.6 is 11.6 Å². The Labute approximate surface area is 243 Å². The fourth-order valence-electron chi connectivity index (χ4n) is 5.32. The van der Waals surface area contributed by atoms with Crippen LogP contribution in [0.25, 0.3) is 0 Å². The summed E-state index contributed by atoms with van der Waals surface area (Å²) in [4.78, 5) is 16.5. The van der Waals surface area contributed by atoms with E-state index in [0.29, 0.717) is 6.07 Å². The molecule has 2 atom stereocenters. The normalized spacial score (nSPS) is 24.9. The number of carbonyl (C=O) groups excluding carboxylic acids is 1. The number of carbonyl (C=O) groups is 1. The van der Waals surface area contributed by atoms with Crippen LogP contribution in [0.15, 0.2) is 72.5 Å². The highest BCUT2D eigenvalue weighted by atomic mass is 35.5. The van der Waals surface area contributed by atoms with Gasteiger partial charge in [0.2, 0.25) is 21.7 Å². The van der Waals surface area contributed by atoms with Crippen LogP contribution in [0.3, 0.4) is 0 Å². The molecular weight excluding hydrogens is 605 g/mol. The van der Waals surface area contributed by atoms with Crippen LogP contribution in [0, 0.1) is 11.3 Å². The Hall–Kier alpha value is -3.51. The smallest absolute Gasteiger partial charge is 0.306 e. The minimum Gasteiger partial charge on any atom is -0.306 e. The van der Waals surface area contributed by atoms with E-state index in [1.54, 1.807) is 12.1 Å². The molecule has 0 bridgehead atoms. The van der Waals surface area contributed by atoms with Crippen molar-refractivity contribution in [3.05, 3.63) is 83.0 Å². The van der Waals surface area contributed by atoms with Crippen LogP contribution in [0.2, 0.25) is 5.02 Å². The lowest BCUT2D eigenvalue weighted by Crippen LogP contribution is -2.76. The first kappa shape index (κ1) is 30.0. The van der Waals surface area contributed by atoms with Crippen molar-refractivity contribution >= 4 is 38.9 Å². The number of nitrogens with one attached hydrogen (secondary N) is 2. The lowest BCUT2D eigenvalue weighted by Gasteiger charge is -2.55. The van der Waals surface area contributed by atoms with Gasteiger partial charge in [-0.3, -0.25) is 15.0 Å². The number of allylic oxidation sites excluding steroid dienone is 2. The highest BCUT2D eigenvalue weighted by molar-refractivity contribution is 7.89. The molecule has 0 spiro atoms. The summed E-state index contributed by atoms with van der Waals surface area (Å²) in [5.41, 5.74) is -1.56. The van der Waals surface area contributed by atoms with Crippen molar-refractivity contribution in [1.82, 2.24) is 10.0 Å². The van der Waals surface area contributed by atoms with Gasteiger partial charge in [0.1, 0.15) is 12.1 Å². The number of para-hydroxylation sites is 1. The van der Waals surface area contributed by atoms with Crippen LogP contribution < -0.4 is 19.8 Å². The van der Waals surface area contributed by atoms with E-state index < -0.39 is 70.1 Å². The Morgan fingerprint density at radius 3 is 2.48 bits per heavy atom. The quantitative estimate of drug-likeness (QED) is 0.349. The van der Waals surface area contributed by atoms with Crippen LogP contribution in [0.5, 0.6) is 0 Å². The summed E-state index contributed by atoms with van der Waals surface area (Å²) in [6, 6.07) is 9.44. The van der Waals surface area contributed by atoms with Gasteiger partial charge in [0, 0.05) is 30.8 Å². The third kappa shape index (κ3) is 5.49. The van der Waals surface area contributed by atoms with Gasteiger partial charge in [-0.05, 0) is 48.9 Å². The zero-order chi connectivity index (χ0) is 30.5. The van der Waals surface area contributed by atoms with Gasteiger partial charge >= 0.3 is 6.18 Å². The number of halogens is 6. The second kappa shape index (κ2) is 10.6. The van der Waals surface area contributed by atoms with E-state index in [1.807, 2.05) is 6.07 Å². The molecule has 1 aliphatic carbocycles. The highest BCUT2D eigenvalue weighted by Crippen LogP contribution is 2.45. The number of hydrogen-bond donors (Lipinski definition) is 2. The van der Waals surface area contributed by atoms with Gasteiger partial charge < -0.3 is 4.90 Å². The largest absolute Gasteiger partial charge is 0.416 e. The Morgan fingerprint density at radius 1 is 1.17 bits per heavy atom. The zero-order valence-corrected chi connectivity index (χ0v) is 23.1. The number of hydrogen-bond acceptors (Lipinski definition) is 6. The van der Waals surface area contributed by atoms with Crippen molar-refractivity contribution in [2.75, 3.05) is 15.6 Å². The van der Waals surface area contributed by atoms with E-state index in [0.717, 1.165) is 17.0 Å². The van der Waals surface area contributed by atoms with Crippen molar-refractivity contribution in [2.24, 2.45) is 0 Å². The molecule has 0 radical (unpaired) electrons. The zero-order valence-electron chi connectivity index (χ0n) is 21.6. The summed E-state index contributed by atoms with van der Waals surface area (Å²) < 4.78 is 96.5. The number of anilines is 2. The second-order valence-corrected chi connectivity index (χ2v) is 12.4. The van der Waals surface area contributed by atoms with Crippen molar-refractivity contribution in [1.29, 1.82) is 5.26 Å². The predicted octanol–water partition coefficient (Wildman–Crippen LogP) is 4.91. The molecule has 8 nitrogen and oxygen atoms in total. The minimum atomic E-state index is -4.83. The van der Waals surface area contributed by atoms with E-state index >= 15 is 0 Å². The molecule has 15 heteroatoms. The standard InChI is InChI=1S/C27H23ClF5N5O3S/c28-21-8-1-2-9-23(21)37-11-4-6-18(16-34)27(37,35-19-14-25(29,30)15-19)38(24(39)22-10-12-42(40,41)36-22)20-7-3-5-17(13-20)26(31,32)33/h1-9,11,13,19,22,35-36H,10,12,14-15H2/t22-,27+/m0/s1. The van der Waals surface area contributed by atoms with Crippen molar-refractivity contribution in [2.45, 2.75) is 49.2 Å². The SMILES string of the molecule is N#CC1=CC=CN(c2ccccc2Cl)[C@@]1(NC1CC(F)(F)C1)N(C(=O)[C@@H]1CCS(=O)(=O)N1)c1cccc(C(F)(F)F)c1. The first-order valence-electron chi connectivity index (χ1n) is 12.7. The van der Waals surface area contributed by atoms with Crippen LogP contribution in [0.4, 0.5) is 33.3 Å². The number of nitriles is 1. The fraction of sp³-hybridized carbons (Fsp3) is 0.333. The minimum absolute atomic E-state index is 0.115. The molecule has 0 aromatic heterocycles. The maximum Gasteiger partial charge on any atom is 0.416 e. The number of sulfonamides is 1. The topological polar surface area (TPSA) is 106 Å². The first-order chi connectivity index (χ1) is 19.7. The Balaban J connectivity index is 1.79. The Bertz CT molecular complexity index is 1620. The summed E-state index contributed by atoms with van der Waals surface area (Å²) in [6.07, 6.45) is -2.30. The Morgan fingerprint density at radius 2 is 1.88 bits per heavy atom. The van der Waals surface area contributed by atoms with Crippen molar-refractivity contribution < 1.29 is 35.2 Å². The number of rotatable bonds is 6. The Kier molecular flexibility index (Phi) is 7.59. The molecule has 2 aromatic rings. The molecule has 42 heavy (non-hydrogen) atoms. The van der Waals surface area contributed by atoms with Gasteiger partial charge in [-0.25, -0.2) is 21.9 Å². The average Bonchev–Trinajstić information content (AvgIpc) is 3.27. The van der Waals surface area contributed by atoms with Crippen molar-refractivity contribution in [3.8, 4) is 6.07 Å². The van der Waals surface area contributed by atoms with Gasteiger partial charge in [0.15, 0.2) is 0 Å². The second-order valence-electron chi connectivity index (χ2n) is 10.1. The van der Waals surface area contributed by atoms with E-state index in [4.69, 9.17) is 11.6 Å². The molecule has 2 N–H and O–H groups in total. The molecule has 2 aliphatic heterocycles. The monoisotopic (exact) mass is 627 g/mol. The van der Waals surface area contributed by atoms with E-state index in [9.17, 15) is 40.4 Å². The lowest BCUT2D eigenvalue weighted by molar-refractivity contribution is -0.137. The van der Waals surface area contributed by atoms with Crippen LogP contribution in [0.1, 0.15) is 24.8 Å². The number of nitrogens with zero attached hydrogens (tertiary/aromatic N) is 3. The summed E-state index contributed by atoms with van der Waals surface area (Å²) in [5, 5.41) is 13.4. The molecule has 3 aliphatic rings. The van der Waals surface area contributed by atoms with Gasteiger partial charge in [-0.15, -0.1) is 0 Å². The van der Waals surface area contributed by atoms with E-state index in [1.165, 1.54) is 41.5 Å². The summed E-state index contributed by atoms with van der Waals surface area (Å²) in [6.45, 7) is 0. The van der Waals surface area contributed by atoms with Gasteiger partial charge in [-0.1, -0.05) is 29.8 Å². The third-order valence-electron chi connectivity index (χ3n) is 7.22. The summed E-state index contributed by atoms with van der Waals surface area (Å²) >= 11 is 6.52. The fourth-order valence-corrected chi connectivity index (χ4v) is 6.86. The lowest BCUT2D eigenvalue weighted by atomic mass is 9.86. The number of amides is 1. The predicted molar refractivity (Wildman–Crippen MR) is 145 cm³/mol. The van der Waals surface area contributed by atoms with Gasteiger partial charge in [-0.2, -0.15) is 18.4 Å². The maximum atomic E-state index is 14.3. The maximum absolute atomic E-state index is 14.3. The molecule has 1 saturated carbocycles. The van der Waals surface area contributed by atoms with Crippen LogP contribution in [-0.2, 0) is 21.0 Å².